The van der Waals surface area contributed by atoms with Crippen LogP contribution < -0.4 is 0 Å². The molecule has 0 aromatic heterocycles. The summed E-state index contributed by atoms with van der Waals surface area (Å²) in [4.78, 5) is 67.7. The second kappa shape index (κ2) is 7.75. The molecular formula is C74H20O8. The molecule has 8 heteroatoms. The summed E-state index contributed by atoms with van der Waals surface area (Å²) in [6, 6.07) is 0. The number of hydrogen-bond donors (Lipinski definition) is 0. The molecular weight excluding hydrogens is 1020 g/mol. The fourth-order valence-corrected chi connectivity index (χ4v) is 29.0. The van der Waals surface area contributed by atoms with Gasteiger partial charge in [0.15, 0.2) is 10.8 Å². The lowest BCUT2D eigenvalue weighted by Gasteiger charge is -2.33. The Balaban J connectivity index is 1.09. The molecule has 10 aliphatic rings. The third-order valence-corrected chi connectivity index (χ3v) is 28.6. The van der Waals surface area contributed by atoms with Crippen molar-refractivity contribution in [1.82, 2.24) is 0 Å². The molecule has 0 saturated heterocycles. The molecule has 4 atom stereocenters. The van der Waals surface area contributed by atoms with Gasteiger partial charge in [0.25, 0.3) is 0 Å². The second-order valence-corrected chi connectivity index (χ2v) is 28.4. The van der Waals surface area contributed by atoms with Crippen molar-refractivity contribution in [3.05, 3.63) is 44.5 Å². The van der Waals surface area contributed by atoms with Crippen molar-refractivity contribution in [2.45, 2.75) is 49.4 Å². The third kappa shape index (κ3) is 1.73. The maximum absolute atomic E-state index is 16.9. The molecule has 2 fully saturated rings. The largest absolute Gasteiger partial charge is 0.465 e. The van der Waals surface area contributed by atoms with E-state index < -0.39 is 56.4 Å². The maximum atomic E-state index is 16.9. The van der Waals surface area contributed by atoms with Gasteiger partial charge in [-0.3, -0.25) is 19.2 Å². The van der Waals surface area contributed by atoms with Crippen LogP contribution in [0.15, 0.2) is 0 Å². The van der Waals surface area contributed by atoms with Crippen molar-refractivity contribution >= 4 is 282 Å². The first-order chi connectivity index (χ1) is 40.4. The number of esters is 4. The van der Waals surface area contributed by atoms with E-state index >= 15 is 19.2 Å². The van der Waals surface area contributed by atoms with Gasteiger partial charge in [-0.25, -0.2) is 0 Å². The zero-order chi connectivity index (χ0) is 51.3. The van der Waals surface area contributed by atoms with Crippen LogP contribution in [0, 0.1) is 10.8 Å². The fourth-order valence-electron chi connectivity index (χ4n) is 29.0. The van der Waals surface area contributed by atoms with Crippen LogP contribution in [0.25, 0.3) is 259 Å². The first kappa shape index (κ1) is 34.0. The highest BCUT2D eigenvalue weighted by molar-refractivity contribution is 6.79. The number of hydrogen-bond acceptors (Lipinski definition) is 8. The minimum absolute atomic E-state index is 0.114. The van der Waals surface area contributed by atoms with E-state index in [1.807, 2.05) is 27.7 Å². The molecule has 0 bridgehead atoms. The number of benzene rings is 16. The van der Waals surface area contributed by atoms with E-state index in [0.29, 0.717) is 0 Å². The standard InChI is InChI=1S/C74H20O8/c1-5-79-65(75)73(66(76)80-6-2)69-57-41-30-19-12-13-17-10-9-14-11-15(10)26-35-24(17)31-20(13)22-21(19)32-29-33(22)44-42(31)58-46(35)48-37(26)28-18(11)27-36-25(14)34(23(30)16(9)12)45(57)47(36)59-49-38(27)39(28)50-54-53(49)63(71(59,69)73)55-51(61(69)43(32)41)40(29)52-56(55)64(54)72(60(48)50)70(58,62(44)52)74(72,67(77)81-7-3)68(78)82-8-4/h5-8H2,1-4H3. The molecule has 0 amide bonds. The van der Waals surface area contributed by atoms with Crippen LogP contribution in [0.2, 0.25) is 0 Å². The molecule has 0 radical (unpaired) electrons. The van der Waals surface area contributed by atoms with Crippen LogP contribution in [-0.4, -0.2) is 50.3 Å². The normalized spacial score (nSPS) is 26.1. The van der Waals surface area contributed by atoms with Crippen LogP contribution in [0.3, 0.4) is 0 Å². The van der Waals surface area contributed by atoms with Gasteiger partial charge in [-0.05, 0) is 331 Å². The summed E-state index contributed by atoms with van der Waals surface area (Å²) in [5.41, 5.74) is 0.557. The molecule has 4 unspecified atom stereocenters. The van der Waals surface area contributed by atoms with Crippen molar-refractivity contribution in [2.75, 3.05) is 26.4 Å². The Bertz CT molecular complexity index is 7380. The lowest BCUT2D eigenvalue weighted by atomic mass is 9.66. The number of rotatable bonds is 8. The summed E-state index contributed by atoms with van der Waals surface area (Å²) >= 11 is 0. The lowest BCUT2D eigenvalue weighted by Crippen LogP contribution is -2.38. The van der Waals surface area contributed by atoms with E-state index in [2.05, 4.69) is 0 Å². The van der Waals surface area contributed by atoms with Gasteiger partial charge in [0.2, 0.25) is 0 Å². The van der Waals surface area contributed by atoms with E-state index in [1.54, 1.807) is 0 Å². The smallest absolute Gasteiger partial charge is 0.326 e. The van der Waals surface area contributed by atoms with E-state index in [9.17, 15) is 0 Å². The Morgan fingerprint density at radius 2 is 0.293 bits per heavy atom. The number of carbonyl (C=O) groups excluding carboxylic acids is 4. The van der Waals surface area contributed by atoms with Crippen LogP contribution in [-0.2, 0) is 59.8 Å². The van der Waals surface area contributed by atoms with Gasteiger partial charge in [-0.2, -0.15) is 0 Å². The molecule has 4 spiro atoms. The summed E-state index contributed by atoms with van der Waals surface area (Å²) in [7, 11) is 0. The Labute approximate surface area is 449 Å². The quantitative estimate of drug-likeness (QED) is 0.0641. The van der Waals surface area contributed by atoms with Crippen LogP contribution in [0.4, 0.5) is 0 Å². The molecule has 2 saturated carbocycles. The number of carbonyl (C=O) groups is 4. The molecule has 8 nitrogen and oxygen atoms in total. The van der Waals surface area contributed by atoms with E-state index in [1.165, 1.54) is 248 Å². The molecule has 0 heterocycles. The molecule has 34 rings (SSSR count). The predicted octanol–water partition coefficient (Wildman–Crippen LogP) is 15.1. The summed E-state index contributed by atoms with van der Waals surface area (Å²) in [5.74, 6) is -1.94. The van der Waals surface area contributed by atoms with Gasteiger partial charge in [-0.15, -0.1) is 0 Å². The van der Waals surface area contributed by atoms with Gasteiger partial charge in [0.1, 0.15) is 0 Å². The summed E-state index contributed by atoms with van der Waals surface area (Å²) in [6.45, 7) is 8.01. The van der Waals surface area contributed by atoms with Crippen molar-refractivity contribution in [2.24, 2.45) is 10.8 Å². The van der Waals surface area contributed by atoms with Gasteiger partial charge < -0.3 is 18.9 Å². The van der Waals surface area contributed by atoms with Gasteiger partial charge in [0, 0.05) is 0 Å². The zero-order valence-electron chi connectivity index (χ0n) is 43.1. The Morgan fingerprint density at radius 1 is 0.195 bits per heavy atom. The third-order valence-electron chi connectivity index (χ3n) is 28.6. The van der Waals surface area contributed by atoms with E-state index in [-0.39, 0.29) is 26.4 Å². The Hall–Kier alpha value is -9.40. The average molecular weight is 1040 g/mol. The topological polar surface area (TPSA) is 105 Å². The van der Waals surface area contributed by atoms with Crippen LogP contribution in [0.1, 0.15) is 72.2 Å². The lowest BCUT2D eigenvalue weighted by molar-refractivity contribution is -0.167. The highest BCUT2D eigenvalue weighted by atomic mass is 16.6. The molecule has 82 heavy (non-hydrogen) atoms. The molecule has 0 aliphatic heterocycles. The summed E-state index contributed by atoms with van der Waals surface area (Å²) in [6.07, 6.45) is 0. The van der Waals surface area contributed by atoms with Crippen molar-refractivity contribution in [3.8, 4) is 0 Å². The second-order valence-electron chi connectivity index (χ2n) is 28.4. The highest BCUT2D eigenvalue weighted by Gasteiger charge is 3.04. The van der Waals surface area contributed by atoms with Crippen molar-refractivity contribution < 1.29 is 38.1 Å². The van der Waals surface area contributed by atoms with Crippen LogP contribution >= 0.6 is 0 Å². The SMILES string of the molecule is CCOC(=O)C1(C(=O)OCC)C23c4c5c6c7c8c4c4c2c2c9c%10c%11c%12c(c5c5c6c6c%13c%14c%15c%16c%17c(c8c8c4c4c2c2c9c9c%11c%11c%18c%12c5c%13c%18c5c%14c%12c%16c%13c%17c8c4c4c2c2c9c%11c5c%12c2c%134)C72C(C(=O)OCC)(C(=O)OCC)C6%152)C%1013. The van der Waals surface area contributed by atoms with E-state index in [4.69, 9.17) is 18.9 Å². The van der Waals surface area contributed by atoms with Crippen molar-refractivity contribution in [3.63, 3.8) is 0 Å². The molecule has 364 valence electrons. The Kier molecular flexibility index (Phi) is 3.21. The minimum atomic E-state index is -1.83. The fraction of sp³-hybridized carbons (Fsp3) is 0.189. The van der Waals surface area contributed by atoms with Crippen molar-refractivity contribution in [1.29, 1.82) is 0 Å². The maximum Gasteiger partial charge on any atom is 0.326 e. The summed E-state index contributed by atoms with van der Waals surface area (Å²) < 4.78 is 26.7. The predicted molar refractivity (Wildman–Crippen MR) is 318 cm³/mol. The zero-order valence-corrected chi connectivity index (χ0v) is 43.1. The molecule has 0 N–H and O–H groups in total. The van der Waals surface area contributed by atoms with E-state index in [0.717, 1.165) is 54.9 Å². The van der Waals surface area contributed by atoms with Gasteiger partial charge in [-0.1, -0.05) is 0 Å². The van der Waals surface area contributed by atoms with Gasteiger partial charge >= 0.3 is 23.9 Å². The monoisotopic (exact) mass is 1040 g/mol. The molecule has 10 aliphatic carbocycles. The first-order valence-corrected chi connectivity index (χ1v) is 30.1. The van der Waals surface area contributed by atoms with Crippen LogP contribution in [0.5, 0.6) is 0 Å². The number of ether oxygens (including phenoxy) is 4. The Morgan fingerprint density at radius 3 is 0.415 bits per heavy atom. The first-order valence-electron chi connectivity index (χ1n) is 30.1. The minimum Gasteiger partial charge on any atom is -0.465 e. The summed E-state index contributed by atoms with van der Waals surface area (Å²) in [5, 5.41) is 62.4. The van der Waals surface area contributed by atoms with Gasteiger partial charge in [0.05, 0.1) is 48.1 Å². The average Bonchev–Trinajstić information content (AvgIpc) is 1.35. The molecule has 24 aromatic carbocycles. The molecule has 24 aromatic rings. The highest BCUT2D eigenvalue weighted by Crippen LogP contribution is 3.01.